The van der Waals surface area contributed by atoms with Crippen molar-refractivity contribution in [2.45, 2.75) is 0 Å². The number of benzene rings is 3. The molecule has 0 saturated carbocycles. The lowest BCUT2D eigenvalue weighted by atomic mass is 10.2. The van der Waals surface area contributed by atoms with Crippen LogP contribution in [0, 0.1) is 5.82 Å². The molecular weight excluding hydrogens is 451 g/mol. The van der Waals surface area contributed by atoms with Gasteiger partial charge >= 0.3 is 11.8 Å². The second-order valence-corrected chi connectivity index (χ2v) is 7.01. The summed E-state index contributed by atoms with van der Waals surface area (Å²) in [7, 11) is 0. The van der Waals surface area contributed by atoms with E-state index in [1.54, 1.807) is 48.5 Å². The molecule has 8 nitrogen and oxygen atoms in total. The van der Waals surface area contributed by atoms with Gasteiger partial charge in [0.05, 0.1) is 6.21 Å². The number of carbonyl (C=O) groups is 3. The molecule has 3 rings (SSSR count). The molecule has 0 unspecified atom stereocenters. The van der Waals surface area contributed by atoms with Gasteiger partial charge in [-0.15, -0.1) is 0 Å². The maximum Gasteiger partial charge on any atom is 0.329 e. The van der Waals surface area contributed by atoms with Crippen molar-refractivity contribution in [3.8, 4) is 5.75 Å². The van der Waals surface area contributed by atoms with Crippen LogP contribution in [-0.4, -0.2) is 30.5 Å². The van der Waals surface area contributed by atoms with Gasteiger partial charge in [0.1, 0.15) is 11.6 Å². The standard InChI is InChI=1S/C23H18ClFN4O4/c24-16-3-7-19(8-4-16)28-22(31)23(32)29-26-13-15-1-11-20(12-2-15)33-14-21(30)27-18-9-5-17(25)6-10-18/h1-13H,14H2,(H,27,30)(H,28,31)(H,29,32)/b26-13-. The van der Waals surface area contributed by atoms with Crippen LogP contribution in [0.1, 0.15) is 5.56 Å². The number of carbonyl (C=O) groups excluding carboxylic acids is 3. The largest absolute Gasteiger partial charge is 0.484 e. The first-order valence-electron chi connectivity index (χ1n) is 9.57. The van der Waals surface area contributed by atoms with Crippen LogP contribution in [0.4, 0.5) is 15.8 Å². The van der Waals surface area contributed by atoms with Gasteiger partial charge in [-0.1, -0.05) is 11.6 Å². The number of halogens is 2. The lowest BCUT2D eigenvalue weighted by molar-refractivity contribution is -0.136. The molecule has 0 aliphatic carbocycles. The molecule has 0 spiro atoms. The molecule has 3 amide bonds. The zero-order chi connectivity index (χ0) is 23.6. The molecule has 0 aliphatic heterocycles. The molecule has 0 heterocycles. The highest BCUT2D eigenvalue weighted by Crippen LogP contribution is 2.14. The topological polar surface area (TPSA) is 109 Å². The summed E-state index contributed by atoms with van der Waals surface area (Å²) in [6, 6.07) is 18.2. The van der Waals surface area contributed by atoms with E-state index in [1.807, 2.05) is 0 Å². The number of hydrazone groups is 1. The number of nitrogens with zero attached hydrogens (tertiary/aromatic N) is 1. The Labute approximate surface area is 193 Å². The number of amides is 3. The smallest absolute Gasteiger partial charge is 0.329 e. The van der Waals surface area contributed by atoms with Crippen molar-refractivity contribution < 1.29 is 23.5 Å². The minimum absolute atomic E-state index is 0.233. The average molecular weight is 469 g/mol. The molecule has 0 atom stereocenters. The fourth-order valence-electron chi connectivity index (χ4n) is 2.47. The van der Waals surface area contributed by atoms with E-state index in [0.717, 1.165) is 0 Å². The van der Waals surface area contributed by atoms with Gasteiger partial charge in [-0.25, -0.2) is 9.82 Å². The Balaban J connectivity index is 1.42. The van der Waals surface area contributed by atoms with Crippen LogP contribution in [-0.2, 0) is 14.4 Å². The first-order valence-corrected chi connectivity index (χ1v) is 9.95. The average Bonchev–Trinajstić information content (AvgIpc) is 2.81. The van der Waals surface area contributed by atoms with E-state index in [4.69, 9.17) is 16.3 Å². The first-order chi connectivity index (χ1) is 15.9. The molecule has 0 saturated heterocycles. The number of ether oxygens (including phenoxy) is 1. The third-order valence-electron chi connectivity index (χ3n) is 4.07. The van der Waals surface area contributed by atoms with E-state index in [1.165, 1.54) is 30.5 Å². The van der Waals surface area contributed by atoms with Gasteiger partial charge in [-0.2, -0.15) is 5.10 Å². The van der Waals surface area contributed by atoms with Gasteiger partial charge in [0.25, 0.3) is 5.91 Å². The Bertz CT molecular complexity index is 1150. The summed E-state index contributed by atoms with van der Waals surface area (Å²) < 4.78 is 18.3. The van der Waals surface area contributed by atoms with Gasteiger partial charge in [-0.05, 0) is 78.4 Å². The summed E-state index contributed by atoms with van der Waals surface area (Å²) in [5, 5.41) is 9.25. The maximum atomic E-state index is 12.9. The van der Waals surface area contributed by atoms with Crippen molar-refractivity contribution in [1.82, 2.24) is 5.43 Å². The number of anilines is 2. The van der Waals surface area contributed by atoms with E-state index in [0.29, 0.717) is 27.7 Å². The van der Waals surface area contributed by atoms with E-state index in [2.05, 4.69) is 21.2 Å². The van der Waals surface area contributed by atoms with Crippen LogP contribution in [0.15, 0.2) is 77.9 Å². The Kier molecular flexibility index (Phi) is 8.09. The Morgan fingerprint density at radius 1 is 0.848 bits per heavy atom. The van der Waals surface area contributed by atoms with Crippen LogP contribution in [0.3, 0.4) is 0 Å². The van der Waals surface area contributed by atoms with Crippen molar-refractivity contribution in [3.05, 3.63) is 89.2 Å². The van der Waals surface area contributed by atoms with Crippen LogP contribution in [0.25, 0.3) is 0 Å². The molecule has 3 N–H and O–H groups in total. The number of hydrogen-bond donors (Lipinski definition) is 3. The Morgan fingerprint density at radius 3 is 2.12 bits per heavy atom. The van der Waals surface area contributed by atoms with Crippen molar-refractivity contribution in [2.24, 2.45) is 5.10 Å². The highest BCUT2D eigenvalue weighted by molar-refractivity contribution is 6.39. The quantitative estimate of drug-likeness (QED) is 0.280. The molecule has 0 aromatic heterocycles. The molecular formula is C23H18ClFN4O4. The molecule has 0 aliphatic rings. The third-order valence-corrected chi connectivity index (χ3v) is 4.32. The fraction of sp³-hybridized carbons (Fsp3) is 0.0435. The summed E-state index contributed by atoms with van der Waals surface area (Å²) in [6.07, 6.45) is 1.35. The SMILES string of the molecule is O=C(COc1ccc(/C=N\NC(=O)C(=O)Nc2ccc(Cl)cc2)cc1)Nc1ccc(F)cc1. The second-order valence-electron chi connectivity index (χ2n) is 6.57. The van der Waals surface area contributed by atoms with Crippen molar-refractivity contribution >= 4 is 46.9 Å². The van der Waals surface area contributed by atoms with E-state index >= 15 is 0 Å². The van der Waals surface area contributed by atoms with Gasteiger partial charge in [-0.3, -0.25) is 14.4 Å². The molecule has 3 aromatic carbocycles. The van der Waals surface area contributed by atoms with E-state index in [9.17, 15) is 18.8 Å². The number of nitrogens with one attached hydrogen (secondary N) is 3. The molecule has 3 aromatic rings. The zero-order valence-corrected chi connectivity index (χ0v) is 17.8. The summed E-state index contributed by atoms with van der Waals surface area (Å²) in [5.41, 5.74) is 3.63. The highest BCUT2D eigenvalue weighted by Gasteiger charge is 2.12. The number of hydrogen-bond acceptors (Lipinski definition) is 5. The molecule has 10 heteroatoms. The fourth-order valence-corrected chi connectivity index (χ4v) is 2.59. The maximum absolute atomic E-state index is 12.9. The lowest BCUT2D eigenvalue weighted by Crippen LogP contribution is -2.32. The van der Waals surface area contributed by atoms with E-state index < -0.39 is 23.5 Å². The summed E-state index contributed by atoms with van der Waals surface area (Å²) in [5.74, 6) is -2.17. The minimum atomic E-state index is -0.937. The lowest BCUT2D eigenvalue weighted by Gasteiger charge is -2.07. The Morgan fingerprint density at radius 2 is 1.45 bits per heavy atom. The van der Waals surface area contributed by atoms with Crippen molar-refractivity contribution in [2.75, 3.05) is 17.2 Å². The van der Waals surface area contributed by atoms with Gasteiger partial charge in [0.2, 0.25) is 0 Å². The van der Waals surface area contributed by atoms with Gasteiger partial charge < -0.3 is 15.4 Å². The van der Waals surface area contributed by atoms with Crippen LogP contribution >= 0.6 is 11.6 Å². The van der Waals surface area contributed by atoms with Crippen LogP contribution < -0.4 is 20.8 Å². The van der Waals surface area contributed by atoms with Crippen LogP contribution in [0.5, 0.6) is 5.75 Å². The molecule has 168 valence electrons. The predicted octanol–water partition coefficient (Wildman–Crippen LogP) is 3.59. The van der Waals surface area contributed by atoms with Gasteiger partial charge in [0.15, 0.2) is 6.61 Å². The first kappa shape index (κ1) is 23.4. The number of rotatable bonds is 7. The van der Waals surface area contributed by atoms with Gasteiger partial charge in [0, 0.05) is 16.4 Å². The molecule has 33 heavy (non-hydrogen) atoms. The molecule has 0 fully saturated rings. The predicted molar refractivity (Wildman–Crippen MR) is 123 cm³/mol. The summed E-state index contributed by atoms with van der Waals surface area (Å²) >= 11 is 5.77. The monoisotopic (exact) mass is 468 g/mol. The van der Waals surface area contributed by atoms with Crippen molar-refractivity contribution in [1.29, 1.82) is 0 Å². The molecule has 0 radical (unpaired) electrons. The summed E-state index contributed by atoms with van der Waals surface area (Å²) in [4.78, 5) is 35.6. The summed E-state index contributed by atoms with van der Waals surface area (Å²) in [6.45, 7) is -0.233. The van der Waals surface area contributed by atoms with Crippen molar-refractivity contribution in [3.63, 3.8) is 0 Å². The van der Waals surface area contributed by atoms with E-state index in [-0.39, 0.29) is 6.61 Å². The third kappa shape index (κ3) is 7.75. The zero-order valence-electron chi connectivity index (χ0n) is 17.0. The van der Waals surface area contributed by atoms with Crippen LogP contribution in [0.2, 0.25) is 5.02 Å². The Hall–Kier alpha value is -4.24. The minimum Gasteiger partial charge on any atom is -0.484 e. The highest BCUT2D eigenvalue weighted by atomic mass is 35.5. The normalized spacial score (nSPS) is 10.5. The molecule has 0 bridgehead atoms. The second kappa shape index (κ2) is 11.4.